The van der Waals surface area contributed by atoms with Gasteiger partial charge in [-0.15, -0.1) is 11.3 Å². The smallest absolute Gasteiger partial charge is 0.329 e. The van der Waals surface area contributed by atoms with E-state index in [1.165, 1.54) is 11.3 Å². The van der Waals surface area contributed by atoms with Crippen molar-refractivity contribution in [1.29, 1.82) is 0 Å². The summed E-state index contributed by atoms with van der Waals surface area (Å²) < 4.78 is 0. The zero-order valence-electron chi connectivity index (χ0n) is 15.7. The first-order valence-electron chi connectivity index (χ1n) is 9.19. The summed E-state index contributed by atoms with van der Waals surface area (Å²) in [5.74, 6) is -0.477. The van der Waals surface area contributed by atoms with Gasteiger partial charge < -0.3 is 15.7 Å². The lowest BCUT2D eigenvalue weighted by molar-refractivity contribution is -0.123. The molecule has 152 valence electrons. The Morgan fingerprint density at radius 1 is 1.07 bits per heavy atom. The Morgan fingerprint density at radius 3 is 2.53 bits per heavy atom. The second-order valence-electron chi connectivity index (χ2n) is 6.64. The zero-order valence-corrected chi connectivity index (χ0v) is 17.3. The second kappa shape index (κ2) is 8.71. The van der Waals surface area contributed by atoms with E-state index < -0.39 is 18.2 Å². The van der Waals surface area contributed by atoms with Gasteiger partial charge in [0.05, 0.1) is 6.54 Å². The monoisotopic (exact) mass is 439 g/mol. The van der Waals surface area contributed by atoms with Crippen LogP contribution in [0.25, 0.3) is 16.5 Å². The number of thiophene rings is 1. The van der Waals surface area contributed by atoms with Gasteiger partial charge in [-0.25, -0.2) is 4.79 Å². The molecular weight excluding hydrogens is 422 g/mol. The van der Waals surface area contributed by atoms with Crippen LogP contribution >= 0.6 is 22.9 Å². The van der Waals surface area contributed by atoms with E-state index in [9.17, 15) is 14.7 Å². The maximum absolute atomic E-state index is 12.6. The van der Waals surface area contributed by atoms with Gasteiger partial charge in [0, 0.05) is 20.5 Å². The number of aliphatic hydroxyl groups is 1. The van der Waals surface area contributed by atoms with Gasteiger partial charge in [0.25, 0.3) is 5.91 Å². The predicted octanol–water partition coefficient (Wildman–Crippen LogP) is 4.39. The summed E-state index contributed by atoms with van der Waals surface area (Å²) in [6, 6.07) is 19.8. The first-order chi connectivity index (χ1) is 14.5. The minimum atomic E-state index is -1.08. The van der Waals surface area contributed by atoms with E-state index >= 15 is 0 Å². The number of β-amino-alcohol motifs (C(OH)–C–C–N with tert-alkyl or cyclic N) is 1. The van der Waals surface area contributed by atoms with Crippen molar-refractivity contribution >= 4 is 46.6 Å². The third-order valence-electron chi connectivity index (χ3n) is 4.47. The highest BCUT2D eigenvalue weighted by Crippen LogP contribution is 2.30. The molecule has 3 N–H and O–H groups in total. The van der Waals surface area contributed by atoms with Crippen LogP contribution in [0.4, 0.5) is 10.5 Å². The first-order valence-corrected chi connectivity index (χ1v) is 10.4. The molecule has 6 nitrogen and oxygen atoms in total. The number of hydrogen-bond donors (Lipinski definition) is 3. The zero-order chi connectivity index (χ0) is 21.1. The molecule has 30 heavy (non-hydrogen) atoms. The SMILES string of the molecule is O=C1N/C(=C\c2ccc(-c3ccc(Cl)cc3)s2)C(=O)N1CC(O)Nc1ccccc1. The van der Waals surface area contributed by atoms with E-state index in [0.717, 1.165) is 20.2 Å². The van der Waals surface area contributed by atoms with Gasteiger partial charge in [0.15, 0.2) is 0 Å². The highest BCUT2D eigenvalue weighted by molar-refractivity contribution is 7.16. The Labute approximate surface area is 182 Å². The Hall–Kier alpha value is -3.13. The molecule has 0 spiro atoms. The van der Waals surface area contributed by atoms with Crippen LogP contribution in [0.2, 0.25) is 5.02 Å². The number of urea groups is 1. The fourth-order valence-electron chi connectivity index (χ4n) is 3.02. The first kappa shape index (κ1) is 20.2. The number of carbonyl (C=O) groups is 2. The summed E-state index contributed by atoms with van der Waals surface area (Å²) in [6.07, 6.45) is 0.557. The lowest BCUT2D eigenvalue weighted by atomic mass is 10.2. The molecular formula is C22H18ClN3O3S. The number of carbonyl (C=O) groups excluding carboxylic acids is 2. The van der Waals surface area contributed by atoms with E-state index in [4.69, 9.17) is 11.6 Å². The van der Waals surface area contributed by atoms with Crippen molar-refractivity contribution in [3.05, 3.63) is 82.3 Å². The van der Waals surface area contributed by atoms with Crippen molar-refractivity contribution in [2.75, 3.05) is 11.9 Å². The van der Waals surface area contributed by atoms with E-state index in [-0.39, 0.29) is 12.2 Å². The van der Waals surface area contributed by atoms with Crippen LogP contribution in [-0.4, -0.2) is 34.7 Å². The number of hydrogen-bond acceptors (Lipinski definition) is 5. The van der Waals surface area contributed by atoms with E-state index in [1.54, 1.807) is 18.2 Å². The van der Waals surface area contributed by atoms with Crippen molar-refractivity contribution in [3.63, 3.8) is 0 Å². The fraction of sp³-hybridized carbons (Fsp3) is 0.0909. The highest BCUT2D eigenvalue weighted by Gasteiger charge is 2.34. The minimum Gasteiger partial charge on any atom is -0.372 e. The Kier molecular flexibility index (Phi) is 5.85. The molecule has 0 radical (unpaired) electrons. The van der Waals surface area contributed by atoms with Gasteiger partial charge in [-0.3, -0.25) is 9.69 Å². The lowest BCUT2D eigenvalue weighted by Crippen LogP contribution is -2.40. The second-order valence-corrected chi connectivity index (χ2v) is 8.19. The Bertz CT molecular complexity index is 1100. The fourth-order valence-corrected chi connectivity index (χ4v) is 4.11. The number of amides is 3. The largest absolute Gasteiger partial charge is 0.372 e. The number of para-hydroxylation sites is 1. The topological polar surface area (TPSA) is 81.7 Å². The number of benzene rings is 2. The summed E-state index contributed by atoms with van der Waals surface area (Å²) in [5, 5.41) is 16.3. The van der Waals surface area contributed by atoms with Crippen molar-refractivity contribution in [2.45, 2.75) is 6.23 Å². The summed E-state index contributed by atoms with van der Waals surface area (Å²) in [5.41, 5.74) is 1.89. The van der Waals surface area contributed by atoms with E-state index in [1.807, 2.05) is 54.6 Å². The minimum absolute atomic E-state index is 0.169. The van der Waals surface area contributed by atoms with Crippen molar-refractivity contribution in [2.24, 2.45) is 0 Å². The molecule has 3 aromatic rings. The summed E-state index contributed by atoms with van der Waals surface area (Å²) in [6.45, 7) is -0.169. The number of halogens is 1. The van der Waals surface area contributed by atoms with Crippen LogP contribution in [0.15, 0.2) is 72.4 Å². The van der Waals surface area contributed by atoms with E-state index in [0.29, 0.717) is 10.7 Å². The Morgan fingerprint density at radius 2 is 1.80 bits per heavy atom. The lowest BCUT2D eigenvalue weighted by Gasteiger charge is -2.19. The van der Waals surface area contributed by atoms with Gasteiger partial charge in [0.2, 0.25) is 0 Å². The molecule has 3 amide bonds. The van der Waals surface area contributed by atoms with Gasteiger partial charge in [-0.05, 0) is 48.0 Å². The van der Waals surface area contributed by atoms with Crippen LogP contribution in [0.1, 0.15) is 4.88 Å². The number of rotatable bonds is 6. The summed E-state index contributed by atoms with van der Waals surface area (Å²) >= 11 is 7.43. The molecule has 1 aromatic heterocycles. The molecule has 8 heteroatoms. The molecule has 0 bridgehead atoms. The summed E-state index contributed by atoms with van der Waals surface area (Å²) in [7, 11) is 0. The quantitative estimate of drug-likeness (QED) is 0.302. The average molecular weight is 440 g/mol. The predicted molar refractivity (Wildman–Crippen MR) is 119 cm³/mol. The van der Waals surface area contributed by atoms with Crippen LogP contribution in [0, 0.1) is 0 Å². The van der Waals surface area contributed by atoms with Gasteiger partial charge in [-0.2, -0.15) is 0 Å². The molecule has 1 fully saturated rings. The number of anilines is 1. The van der Waals surface area contributed by atoms with Gasteiger partial charge in [-0.1, -0.05) is 41.9 Å². The van der Waals surface area contributed by atoms with Crippen LogP contribution in [-0.2, 0) is 4.79 Å². The standard InChI is InChI=1S/C22H18ClN3O3S/c23-15-8-6-14(7-9-15)19-11-10-17(30-19)12-18-21(28)26(22(29)25-18)13-20(27)24-16-4-2-1-3-5-16/h1-12,20,24,27H,13H2,(H,25,29)/b18-12-. The molecule has 0 saturated carbocycles. The average Bonchev–Trinajstić information content (AvgIpc) is 3.30. The summed E-state index contributed by atoms with van der Waals surface area (Å²) in [4.78, 5) is 27.7. The maximum Gasteiger partial charge on any atom is 0.329 e. The molecule has 1 unspecified atom stereocenters. The molecule has 4 rings (SSSR count). The third-order valence-corrected chi connectivity index (χ3v) is 5.80. The number of aliphatic hydroxyl groups excluding tert-OH is 1. The van der Waals surface area contributed by atoms with Gasteiger partial charge in [0.1, 0.15) is 11.9 Å². The molecule has 1 aliphatic rings. The molecule has 1 atom stereocenters. The third kappa shape index (κ3) is 4.54. The number of nitrogens with one attached hydrogen (secondary N) is 2. The molecule has 0 aliphatic carbocycles. The van der Waals surface area contributed by atoms with Crippen molar-refractivity contribution in [3.8, 4) is 10.4 Å². The molecule has 1 aliphatic heterocycles. The Balaban J connectivity index is 1.44. The van der Waals surface area contributed by atoms with Gasteiger partial charge >= 0.3 is 6.03 Å². The van der Waals surface area contributed by atoms with E-state index in [2.05, 4.69) is 10.6 Å². The normalized spacial score (nSPS) is 16.1. The molecule has 2 aromatic carbocycles. The molecule has 1 saturated heterocycles. The van der Waals surface area contributed by atoms with Crippen molar-refractivity contribution in [1.82, 2.24) is 10.2 Å². The van der Waals surface area contributed by atoms with Crippen molar-refractivity contribution < 1.29 is 14.7 Å². The number of nitrogens with zero attached hydrogens (tertiary/aromatic N) is 1. The highest BCUT2D eigenvalue weighted by atomic mass is 35.5. The van der Waals surface area contributed by atoms with Crippen LogP contribution < -0.4 is 10.6 Å². The maximum atomic E-state index is 12.6. The van der Waals surface area contributed by atoms with Crippen LogP contribution in [0.5, 0.6) is 0 Å². The molecule has 2 heterocycles. The number of imide groups is 1. The van der Waals surface area contributed by atoms with Crippen LogP contribution in [0.3, 0.4) is 0 Å².